The Morgan fingerprint density at radius 1 is 1.15 bits per heavy atom. The molecule has 0 saturated heterocycles. The topological polar surface area (TPSA) is 15.3 Å². The van der Waals surface area contributed by atoms with Gasteiger partial charge in [0.15, 0.2) is 0 Å². The van der Waals surface area contributed by atoms with Crippen LogP contribution in [0.3, 0.4) is 0 Å². The fourth-order valence-corrected chi connectivity index (χ4v) is 2.63. The molecule has 114 valence electrons. The monoisotopic (exact) mass is 280 g/mol. The van der Waals surface area contributed by atoms with Gasteiger partial charge < -0.3 is 10.2 Å². The summed E-state index contributed by atoms with van der Waals surface area (Å²) in [5.74, 6) is 0.494. The van der Waals surface area contributed by atoms with Crippen molar-refractivity contribution in [1.82, 2.24) is 10.2 Å². The number of nitrogens with zero attached hydrogens (tertiary/aromatic N) is 1. The van der Waals surface area contributed by atoms with Gasteiger partial charge in [-0.25, -0.2) is 4.39 Å². The second kappa shape index (κ2) is 8.38. The molecule has 3 heteroatoms. The van der Waals surface area contributed by atoms with Crippen LogP contribution in [0.2, 0.25) is 0 Å². The Labute approximate surface area is 123 Å². The normalized spacial score (nSPS) is 14.8. The summed E-state index contributed by atoms with van der Waals surface area (Å²) in [6.45, 7) is 7.70. The van der Waals surface area contributed by atoms with Gasteiger partial charge in [-0.15, -0.1) is 0 Å². The van der Waals surface area contributed by atoms with E-state index >= 15 is 0 Å². The first-order chi connectivity index (χ1) is 9.42. The van der Waals surface area contributed by atoms with Crippen LogP contribution in [-0.2, 0) is 0 Å². The van der Waals surface area contributed by atoms with E-state index in [4.69, 9.17) is 0 Å². The van der Waals surface area contributed by atoms with E-state index < -0.39 is 0 Å². The third-order valence-electron chi connectivity index (χ3n) is 3.46. The maximum Gasteiger partial charge on any atom is 0.123 e. The maximum absolute atomic E-state index is 13.0. The van der Waals surface area contributed by atoms with Crippen molar-refractivity contribution in [3.8, 4) is 0 Å². The summed E-state index contributed by atoms with van der Waals surface area (Å²) in [4.78, 5) is 2.22. The molecular formula is C17H29FN2. The number of nitrogens with one attached hydrogen (secondary N) is 1. The second-order valence-electron chi connectivity index (χ2n) is 6.27. The highest BCUT2D eigenvalue weighted by Gasteiger charge is 2.17. The Kier molecular flexibility index (Phi) is 7.17. The van der Waals surface area contributed by atoms with Crippen molar-refractivity contribution in [1.29, 1.82) is 0 Å². The fourth-order valence-electron chi connectivity index (χ4n) is 2.63. The lowest BCUT2D eigenvalue weighted by atomic mass is 9.99. The van der Waals surface area contributed by atoms with E-state index in [2.05, 4.69) is 45.1 Å². The van der Waals surface area contributed by atoms with Crippen LogP contribution >= 0.6 is 0 Å². The molecule has 0 bridgehead atoms. The van der Waals surface area contributed by atoms with Gasteiger partial charge in [-0.3, -0.25) is 0 Å². The highest BCUT2D eigenvalue weighted by atomic mass is 19.1. The van der Waals surface area contributed by atoms with Crippen LogP contribution in [0.25, 0.3) is 0 Å². The Hall–Kier alpha value is -0.930. The molecule has 0 heterocycles. The van der Waals surface area contributed by atoms with Crippen LogP contribution < -0.4 is 5.32 Å². The van der Waals surface area contributed by atoms with Crippen LogP contribution in [0.5, 0.6) is 0 Å². The summed E-state index contributed by atoms with van der Waals surface area (Å²) in [5.41, 5.74) is 1.17. The molecule has 1 aromatic carbocycles. The zero-order chi connectivity index (χ0) is 15.1. The van der Waals surface area contributed by atoms with Crippen molar-refractivity contribution < 1.29 is 4.39 Å². The van der Waals surface area contributed by atoms with E-state index in [0.29, 0.717) is 18.0 Å². The number of hydrogen-bond acceptors (Lipinski definition) is 2. The highest BCUT2D eigenvalue weighted by Crippen LogP contribution is 2.19. The van der Waals surface area contributed by atoms with Gasteiger partial charge in [0.2, 0.25) is 0 Å². The molecule has 0 spiro atoms. The first-order valence-corrected chi connectivity index (χ1v) is 7.58. The zero-order valence-electron chi connectivity index (χ0n) is 13.5. The molecule has 2 nitrogen and oxygen atoms in total. The van der Waals surface area contributed by atoms with Crippen molar-refractivity contribution in [2.45, 2.75) is 45.7 Å². The molecule has 1 rings (SSSR count). The number of rotatable bonds is 8. The van der Waals surface area contributed by atoms with Crippen LogP contribution in [-0.4, -0.2) is 31.6 Å². The third kappa shape index (κ3) is 6.02. The molecule has 2 atom stereocenters. The number of benzene rings is 1. The predicted molar refractivity (Wildman–Crippen MR) is 84.4 cm³/mol. The molecular weight excluding hydrogens is 251 g/mol. The molecule has 1 N–H and O–H groups in total. The quantitative estimate of drug-likeness (QED) is 0.778. The number of likely N-dealkylation sites (N-methyl/N-ethyl adjacent to an activating group) is 1. The van der Waals surface area contributed by atoms with Crippen molar-refractivity contribution >= 4 is 0 Å². The van der Waals surface area contributed by atoms with Crippen LogP contribution in [0, 0.1) is 11.7 Å². The van der Waals surface area contributed by atoms with Gasteiger partial charge in [0.05, 0.1) is 0 Å². The SMILES string of the molecule is CCC(NC(CC(C)C)CN(C)C)c1ccc(F)cc1. The van der Waals surface area contributed by atoms with Gasteiger partial charge >= 0.3 is 0 Å². The van der Waals surface area contributed by atoms with E-state index in [1.54, 1.807) is 12.1 Å². The van der Waals surface area contributed by atoms with E-state index in [-0.39, 0.29) is 5.82 Å². The summed E-state index contributed by atoms with van der Waals surface area (Å²) in [6, 6.07) is 7.61. The standard InChI is InChI=1S/C17H29FN2/c1-6-17(14-7-9-15(18)10-8-14)19-16(11-13(2)3)12-20(4)5/h7-10,13,16-17,19H,6,11-12H2,1-5H3. The minimum atomic E-state index is -0.171. The van der Waals surface area contributed by atoms with Gasteiger partial charge in [-0.1, -0.05) is 32.9 Å². The smallest absolute Gasteiger partial charge is 0.123 e. The lowest BCUT2D eigenvalue weighted by Crippen LogP contribution is -2.41. The molecule has 20 heavy (non-hydrogen) atoms. The summed E-state index contributed by atoms with van der Waals surface area (Å²) in [6.07, 6.45) is 2.16. The lowest BCUT2D eigenvalue weighted by molar-refractivity contribution is 0.284. The predicted octanol–water partition coefficient (Wildman–Crippen LogP) is 3.84. The van der Waals surface area contributed by atoms with Crippen molar-refractivity contribution in [2.75, 3.05) is 20.6 Å². The maximum atomic E-state index is 13.0. The molecule has 1 aromatic rings. The van der Waals surface area contributed by atoms with Crippen molar-refractivity contribution in [3.05, 3.63) is 35.6 Å². The second-order valence-corrected chi connectivity index (χ2v) is 6.27. The fraction of sp³-hybridized carbons (Fsp3) is 0.647. The van der Waals surface area contributed by atoms with Crippen molar-refractivity contribution in [2.24, 2.45) is 5.92 Å². The minimum Gasteiger partial charge on any atom is -0.308 e. The summed E-state index contributed by atoms with van der Waals surface area (Å²) in [5, 5.41) is 3.74. The Balaban J connectivity index is 2.74. The molecule has 0 fully saturated rings. The molecule has 0 aliphatic heterocycles. The molecule has 0 aliphatic rings. The molecule has 0 aliphatic carbocycles. The molecule has 0 saturated carbocycles. The minimum absolute atomic E-state index is 0.171. The number of hydrogen-bond donors (Lipinski definition) is 1. The van der Waals surface area contributed by atoms with Gasteiger partial charge in [0, 0.05) is 18.6 Å². The number of halogens is 1. The third-order valence-corrected chi connectivity index (χ3v) is 3.46. The van der Waals surface area contributed by atoms with Crippen LogP contribution in [0.15, 0.2) is 24.3 Å². The van der Waals surface area contributed by atoms with E-state index in [1.807, 2.05) is 12.1 Å². The van der Waals surface area contributed by atoms with Crippen LogP contribution in [0.1, 0.15) is 45.2 Å². The van der Waals surface area contributed by atoms with Crippen molar-refractivity contribution in [3.63, 3.8) is 0 Å². The Morgan fingerprint density at radius 2 is 1.75 bits per heavy atom. The zero-order valence-corrected chi connectivity index (χ0v) is 13.5. The first kappa shape index (κ1) is 17.1. The largest absolute Gasteiger partial charge is 0.308 e. The Morgan fingerprint density at radius 3 is 2.20 bits per heavy atom. The van der Waals surface area contributed by atoms with Gasteiger partial charge in [0.1, 0.15) is 5.82 Å². The van der Waals surface area contributed by atoms with E-state index in [1.165, 1.54) is 5.56 Å². The molecule has 2 unspecified atom stereocenters. The van der Waals surface area contributed by atoms with Gasteiger partial charge in [-0.2, -0.15) is 0 Å². The van der Waals surface area contributed by atoms with Gasteiger partial charge in [-0.05, 0) is 50.6 Å². The van der Waals surface area contributed by atoms with Crippen LogP contribution in [0.4, 0.5) is 4.39 Å². The molecule has 0 amide bonds. The average Bonchev–Trinajstić information content (AvgIpc) is 2.35. The summed E-state index contributed by atoms with van der Waals surface area (Å²) >= 11 is 0. The Bertz CT molecular complexity index is 363. The van der Waals surface area contributed by atoms with E-state index in [0.717, 1.165) is 19.4 Å². The van der Waals surface area contributed by atoms with Gasteiger partial charge in [0.25, 0.3) is 0 Å². The first-order valence-electron chi connectivity index (χ1n) is 7.58. The summed E-state index contributed by atoms with van der Waals surface area (Å²) < 4.78 is 13.0. The lowest BCUT2D eigenvalue weighted by Gasteiger charge is -2.29. The van der Waals surface area contributed by atoms with E-state index in [9.17, 15) is 4.39 Å². The highest BCUT2D eigenvalue weighted by molar-refractivity contribution is 5.20. The summed E-state index contributed by atoms with van der Waals surface area (Å²) in [7, 11) is 4.21. The molecule has 0 aromatic heterocycles. The molecule has 0 radical (unpaired) electrons. The average molecular weight is 280 g/mol.